The third kappa shape index (κ3) is 6.61. The number of hydrogen-bond acceptors (Lipinski definition) is 4. The van der Waals surface area contributed by atoms with Gasteiger partial charge in [-0.05, 0) is 33.6 Å². The van der Waals surface area contributed by atoms with Gasteiger partial charge in [0.05, 0.1) is 6.42 Å². The topological polar surface area (TPSA) is 47.0 Å². The molecule has 0 aromatic carbocycles. The molecule has 1 N–H and O–H groups in total. The van der Waals surface area contributed by atoms with Gasteiger partial charge in [-0.1, -0.05) is 0 Å². The Morgan fingerprint density at radius 1 is 1.12 bits per heavy atom. The van der Waals surface area contributed by atoms with Gasteiger partial charge in [0.25, 0.3) is 0 Å². The van der Waals surface area contributed by atoms with Crippen LogP contribution in [0.5, 0.6) is 0 Å². The predicted octanol–water partition coefficient (Wildman–Crippen LogP) is 0.0304. The maximum atomic E-state index is 10.5. The van der Waals surface area contributed by atoms with Gasteiger partial charge in [0.1, 0.15) is 0 Å². The number of aliphatic carboxylic acids is 1. The molecule has 1 heterocycles. The van der Waals surface area contributed by atoms with Gasteiger partial charge in [-0.15, -0.1) is 0 Å². The number of piperazine rings is 1. The average Bonchev–Trinajstić information content (AvgIpc) is 2.27. The molecule has 0 spiro atoms. The monoisotopic (exact) mass is 243 g/mol. The molecule has 0 atom stereocenters. The molecule has 1 rings (SSSR count). The lowest BCUT2D eigenvalue weighted by Gasteiger charge is -2.34. The highest BCUT2D eigenvalue weighted by Crippen LogP contribution is 2.03. The molecule has 5 heteroatoms. The highest BCUT2D eigenvalue weighted by molar-refractivity contribution is 5.66. The molecule has 0 radical (unpaired) electrons. The molecule has 1 aliphatic heterocycles. The van der Waals surface area contributed by atoms with Crippen molar-refractivity contribution in [1.29, 1.82) is 0 Å². The summed E-state index contributed by atoms with van der Waals surface area (Å²) >= 11 is 0. The summed E-state index contributed by atoms with van der Waals surface area (Å²) in [5.74, 6) is -0.696. The van der Waals surface area contributed by atoms with Crippen molar-refractivity contribution in [2.75, 3.05) is 59.9 Å². The molecule has 0 aromatic rings. The fraction of sp³-hybridized carbons (Fsp3) is 0.917. The van der Waals surface area contributed by atoms with Crippen molar-refractivity contribution in [2.24, 2.45) is 0 Å². The van der Waals surface area contributed by atoms with E-state index in [1.807, 2.05) is 0 Å². The van der Waals surface area contributed by atoms with E-state index in [1.165, 1.54) is 6.42 Å². The summed E-state index contributed by atoms with van der Waals surface area (Å²) < 4.78 is 0. The van der Waals surface area contributed by atoms with Crippen LogP contribution in [0.4, 0.5) is 0 Å². The summed E-state index contributed by atoms with van der Waals surface area (Å²) in [7, 11) is 4.20. The van der Waals surface area contributed by atoms with Crippen LogP contribution in [-0.4, -0.2) is 85.7 Å². The van der Waals surface area contributed by atoms with Gasteiger partial charge < -0.3 is 19.8 Å². The highest BCUT2D eigenvalue weighted by Gasteiger charge is 2.16. The van der Waals surface area contributed by atoms with Crippen LogP contribution in [0.3, 0.4) is 0 Å². The fourth-order valence-electron chi connectivity index (χ4n) is 2.10. The second-order valence-corrected chi connectivity index (χ2v) is 4.98. The number of carboxylic acids is 1. The van der Waals surface area contributed by atoms with E-state index in [0.29, 0.717) is 6.54 Å². The zero-order valence-corrected chi connectivity index (χ0v) is 11.1. The van der Waals surface area contributed by atoms with Crippen molar-refractivity contribution in [3.63, 3.8) is 0 Å². The quantitative estimate of drug-likeness (QED) is 0.683. The summed E-state index contributed by atoms with van der Waals surface area (Å²) in [6.07, 6.45) is 1.47. The minimum absolute atomic E-state index is 0.265. The molecule has 17 heavy (non-hydrogen) atoms. The molecule has 0 bridgehead atoms. The molecule has 0 aliphatic carbocycles. The molecular formula is C12H25N3O2. The van der Waals surface area contributed by atoms with E-state index in [2.05, 4.69) is 28.8 Å². The van der Waals surface area contributed by atoms with Crippen LogP contribution < -0.4 is 0 Å². The Hall–Kier alpha value is -0.650. The summed E-state index contributed by atoms with van der Waals surface area (Å²) in [4.78, 5) is 17.4. The Labute approximate surface area is 104 Å². The summed E-state index contributed by atoms with van der Waals surface area (Å²) in [5.41, 5.74) is 0. The highest BCUT2D eigenvalue weighted by atomic mass is 16.4. The number of rotatable bonds is 7. The van der Waals surface area contributed by atoms with E-state index >= 15 is 0 Å². The molecule has 1 saturated heterocycles. The first-order chi connectivity index (χ1) is 8.08. The minimum Gasteiger partial charge on any atom is -0.481 e. The largest absolute Gasteiger partial charge is 0.481 e. The van der Waals surface area contributed by atoms with Crippen molar-refractivity contribution in [3.8, 4) is 0 Å². The third-order valence-electron chi connectivity index (χ3n) is 3.19. The number of nitrogens with zero attached hydrogens (tertiary/aromatic N) is 3. The van der Waals surface area contributed by atoms with Gasteiger partial charge in [0, 0.05) is 32.7 Å². The molecule has 0 amide bonds. The summed E-state index contributed by atoms with van der Waals surface area (Å²) in [6.45, 7) is 7.16. The van der Waals surface area contributed by atoms with Gasteiger partial charge >= 0.3 is 5.97 Å². The second-order valence-electron chi connectivity index (χ2n) is 4.98. The Bertz CT molecular complexity index is 226. The van der Waals surface area contributed by atoms with Crippen molar-refractivity contribution in [3.05, 3.63) is 0 Å². The SMILES string of the molecule is CN(C)CCCN1CCN(CCC(=O)O)CC1. The molecular weight excluding hydrogens is 218 g/mol. The van der Waals surface area contributed by atoms with Crippen LogP contribution in [0.2, 0.25) is 0 Å². The minimum atomic E-state index is -0.696. The average molecular weight is 243 g/mol. The van der Waals surface area contributed by atoms with E-state index in [-0.39, 0.29) is 6.42 Å². The smallest absolute Gasteiger partial charge is 0.304 e. The van der Waals surface area contributed by atoms with Crippen LogP contribution in [0, 0.1) is 0 Å². The summed E-state index contributed by atoms with van der Waals surface area (Å²) in [6, 6.07) is 0. The van der Waals surface area contributed by atoms with Crippen LogP contribution in [0.1, 0.15) is 12.8 Å². The van der Waals surface area contributed by atoms with E-state index in [1.54, 1.807) is 0 Å². The first-order valence-corrected chi connectivity index (χ1v) is 6.39. The first-order valence-electron chi connectivity index (χ1n) is 6.39. The maximum Gasteiger partial charge on any atom is 0.304 e. The summed E-state index contributed by atoms with van der Waals surface area (Å²) in [5, 5.41) is 8.62. The van der Waals surface area contributed by atoms with Gasteiger partial charge in [0.15, 0.2) is 0 Å². The second kappa shape index (κ2) is 7.63. The molecule has 100 valence electrons. The Morgan fingerprint density at radius 3 is 2.12 bits per heavy atom. The Kier molecular flexibility index (Phi) is 6.47. The van der Waals surface area contributed by atoms with Gasteiger partial charge in [-0.25, -0.2) is 0 Å². The van der Waals surface area contributed by atoms with Crippen LogP contribution in [-0.2, 0) is 4.79 Å². The van der Waals surface area contributed by atoms with E-state index in [4.69, 9.17) is 5.11 Å². The van der Waals surface area contributed by atoms with Crippen LogP contribution in [0.15, 0.2) is 0 Å². The molecule has 1 aliphatic rings. The zero-order chi connectivity index (χ0) is 12.7. The lowest BCUT2D eigenvalue weighted by atomic mass is 10.2. The Morgan fingerprint density at radius 2 is 1.65 bits per heavy atom. The maximum absolute atomic E-state index is 10.5. The molecule has 0 saturated carbocycles. The van der Waals surface area contributed by atoms with Gasteiger partial charge in [-0.3, -0.25) is 4.79 Å². The number of hydrogen-bond donors (Lipinski definition) is 1. The van der Waals surface area contributed by atoms with Crippen molar-refractivity contribution >= 4 is 5.97 Å². The van der Waals surface area contributed by atoms with Crippen molar-refractivity contribution in [2.45, 2.75) is 12.8 Å². The third-order valence-corrected chi connectivity index (χ3v) is 3.19. The van der Waals surface area contributed by atoms with Crippen LogP contribution in [0.25, 0.3) is 0 Å². The van der Waals surface area contributed by atoms with E-state index < -0.39 is 5.97 Å². The zero-order valence-electron chi connectivity index (χ0n) is 11.1. The number of carboxylic acid groups (broad SMARTS) is 1. The molecule has 0 unspecified atom stereocenters. The predicted molar refractivity (Wildman–Crippen MR) is 68.3 cm³/mol. The van der Waals surface area contributed by atoms with Crippen molar-refractivity contribution < 1.29 is 9.90 Å². The molecule has 5 nitrogen and oxygen atoms in total. The Balaban J connectivity index is 2.07. The van der Waals surface area contributed by atoms with Crippen LogP contribution >= 0.6 is 0 Å². The molecule has 1 fully saturated rings. The van der Waals surface area contributed by atoms with Gasteiger partial charge in [0.2, 0.25) is 0 Å². The van der Waals surface area contributed by atoms with E-state index in [9.17, 15) is 4.79 Å². The lowest BCUT2D eigenvalue weighted by molar-refractivity contribution is -0.137. The normalized spacial score (nSPS) is 18.8. The van der Waals surface area contributed by atoms with E-state index in [0.717, 1.165) is 39.3 Å². The molecule has 0 aromatic heterocycles. The van der Waals surface area contributed by atoms with Crippen molar-refractivity contribution in [1.82, 2.24) is 14.7 Å². The van der Waals surface area contributed by atoms with Gasteiger partial charge in [-0.2, -0.15) is 0 Å². The standard InChI is InChI=1S/C12H25N3O2/c1-13(2)5-3-6-14-8-10-15(11-9-14)7-4-12(16)17/h3-11H2,1-2H3,(H,16,17). The fourth-order valence-corrected chi connectivity index (χ4v) is 2.10. The lowest BCUT2D eigenvalue weighted by Crippen LogP contribution is -2.47. The first kappa shape index (κ1) is 14.4. The number of carbonyl (C=O) groups is 1.